The van der Waals surface area contributed by atoms with E-state index in [1.165, 1.54) is 19.2 Å². The molecule has 0 saturated carbocycles. The number of ether oxygens (including phenoxy) is 2. The first kappa shape index (κ1) is 14.4. The Morgan fingerprint density at radius 3 is 2.61 bits per heavy atom. The van der Waals surface area contributed by atoms with E-state index in [2.05, 4.69) is 5.32 Å². The molecule has 0 fully saturated rings. The van der Waals surface area contributed by atoms with Gasteiger partial charge in [-0.25, -0.2) is 9.18 Å². The second-order valence-electron chi connectivity index (χ2n) is 3.94. The first-order chi connectivity index (χ1) is 8.49. The van der Waals surface area contributed by atoms with E-state index in [1.807, 2.05) is 0 Å². The number of rotatable bonds is 5. The number of nitrogens with one attached hydrogen (secondary N) is 1. The first-order valence-corrected chi connectivity index (χ1v) is 5.69. The second kappa shape index (κ2) is 5.82. The smallest absolute Gasteiger partial charge is 0.330 e. The number of esters is 1. The van der Waals surface area contributed by atoms with Crippen LogP contribution < -0.4 is 10.1 Å². The molecule has 1 aromatic carbocycles. The van der Waals surface area contributed by atoms with E-state index in [9.17, 15) is 9.18 Å². The Balaban J connectivity index is 3.16. The average Bonchev–Trinajstić information content (AvgIpc) is 2.37. The van der Waals surface area contributed by atoms with Gasteiger partial charge >= 0.3 is 5.97 Å². The van der Waals surface area contributed by atoms with Crippen molar-refractivity contribution < 1.29 is 18.7 Å². The number of carbonyl (C=O) groups excluding carboxylic acids is 1. The van der Waals surface area contributed by atoms with Crippen LogP contribution in [0.5, 0.6) is 5.75 Å². The van der Waals surface area contributed by atoms with Gasteiger partial charge in [-0.05, 0) is 38.6 Å². The van der Waals surface area contributed by atoms with Gasteiger partial charge in [0.1, 0.15) is 5.54 Å². The van der Waals surface area contributed by atoms with Crippen molar-refractivity contribution in [2.75, 3.05) is 20.8 Å². The van der Waals surface area contributed by atoms with E-state index in [4.69, 9.17) is 9.47 Å². The summed E-state index contributed by atoms with van der Waals surface area (Å²) in [7, 11) is 3.01. The quantitative estimate of drug-likeness (QED) is 0.815. The number of likely N-dealkylation sites (N-methyl/N-ethyl adjacent to an activating group) is 1. The molecule has 0 spiro atoms. The zero-order valence-corrected chi connectivity index (χ0v) is 11.0. The molecule has 100 valence electrons. The number of benzene rings is 1. The van der Waals surface area contributed by atoms with Gasteiger partial charge < -0.3 is 14.8 Å². The molecule has 0 saturated heterocycles. The maximum Gasteiger partial charge on any atom is 0.330 e. The van der Waals surface area contributed by atoms with Gasteiger partial charge in [-0.2, -0.15) is 0 Å². The van der Waals surface area contributed by atoms with Crippen LogP contribution in [0.4, 0.5) is 4.39 Å². The predicted molar refractivity (Wildman–Crippen MR) is 66.0 cm³/mol. The van der Waals surface area contributed by atoms with E-state index in [0.29, 0.717) is 5.56 Å². The number of carbonyl (C=O) groups is 1. The van der Waals surface area contributed by atoms with Gasteiger partial charge in [0, 0.05) is 0 Å². The zero-order valence-electron chi connectivity index (χ0n) is 11.0. The number of hydrogen-bond acceptors (Lipinski definition) is 4. The van der Waals surface area contributed by atoms with Crippen LogP contribution in [-0.2, 0) is 15.1 Å². The van der Waals surface area contributed by atoms with E-state index in [0.717, 1.165) is 0 Å². The van der Waals surface area contributed by atoms with Gasteiger partial charge in [-0.3, -0.25) is 0 Å². The molecule has 1 unspecified atom stereocenters. The maximum atomic E-state index is 13.7. The summed E-state index contributed by atoms with van der Waals surface area (Å²) in [4.78, 5) is 11.9. The molecule has 1 N–H and O–H groups in total. The molecule has 1 rings (SSSR count). The SMILES string of the molecule is CCOC(=O)C(C)(NC)c1ccc(OC)c(F)c1. The summed E-state index contributed by atoms with van der Waals surface area (Å²) in [6, 6.07) is 4.39. The molecule has 18 heavy (non-hydrogen) atoms. The number of hydrogen-bond donors (Lipinski definition) is 1. The largest absolute Gasteiger partial charge is 0.494 e. The first-order valence-electron chi connectivity index (χ1n) is 5.69. The third-order valence-electron chi connectivity index (χ3n) is 2.91. The number of methoxy groups -OCH3 is 1. The summed E-state index contributed by atoms with van der Waals surface area (Å²) >= 11 is 0. The van der Waals surface area contributed by atoms with Crippen molar-refractivity contribution in [1.29, 1.82) is 0 Å². The van der Waals surface area contributed by atoms with Crippen molar-refractivity contribution in [1.82, 2.24) is 5.32 Å². The van der Waals surface area contributed by atoms with Crippen LogP contribution in [0.1, 0.15) is 19.4 Å². The van der Waals surface area contributed by atoms with Gasteiger partial charge in [0.05, 0.1) is 13.7 Å². The van der Waals surface area contributed by atoms with E-state index < -0.39 is 17.3 Å². The van der Waals surface area contributed by atoms with Crippen LogP contribution in [0.3, 0.4) is 0 Å². The fraction of sp³-hybridized carbons (Fsp3) is 0.462. The molecule has 0 aliphatic heterocycles. The maximum absolute atomic E-state index is 13.7. The van der Waals surface area contributed by atoms with Crippen molar-refractivity contribution in [3.05, 3.63) is 29.6 Å². The summed E-state index contributed by atoms with van der Waals surface area (Å²) < 4.78 is 23.5. The van der Waals surface area contributed by atoms with Gasteiger partial charge in [0.15, 0.2) is 11.6 Å². The highest BCUT2D eigenvalue weighted by Crippen LogP contribution is 2.26. The van der Waals surface area contributed by atoms with Crippen molar-refractivity contribution >= 4 is 5.97 Å². The topological polar surface area (TPSA) is 47.6 Å². The molecule has 0 aromatic heterocycles. The normalized spacial score (nSPS) is 13.8. The minimum Gasteiger partial charge on any atom is -0.494 e. The lowest BCUT2D eigenvalue weighted by atomic mass is 9.92. The van der Waals surface area contributed by atoms with Gasteiger partial charge in [0.25, 0.3) is 0 Å². The Morgan fingerprint density at radius 2 is 2.17 bits per heavy atom. The van der Waals surface area contributed by atoms with Gasteiger partial charge in [0.2, 0.25) is 0 Å². The van der Waals surface area contributed by atoms with Crippen molar-refractivity contribution in [3.8, 4) is 5.75 Å². The summed E-state index contributed by atoms with van der Waals surface area (Å²) in [5.41, 5.74) is -0.593. The van der Waals surface area contributed by atoms with Crippen LogP contribution >= 0.6 is 0 Å². The third kappa shape index (κ3) is 2.61. The fourth-order valence-corrected chi connectivity index (χ4v) is 1.62. The lowest BCUT2D eigenvalue weighted by Crippen LogP contribution is -2.45. The third-order valence-corrected chi connectivity index (χ3v) is 2.91. The van der Waals surface area contributed by atoms with Crippen LogP contribution in [-0.4, -0.2) is 26.7 Å². The van der Waals surface area contributed by atoms with E-state index in [-0.39, 0.29) is 12.4 Å². The van der Waals surface area contributed by atoms with Crippen molar-refractivity contribution in [3.63, 3.8) is 0 Å². The van der Waals surface area contributed by atoms with Gasteiger partial charge in [-0.1, -0.05) is 6.07 Å². The summed E-state index contributed by atoms with van der Waals surface area (Å²) in [6.07, 6.45) is 0. The monoisotopic (exact) mass is 255 g/mol. The highest BCUT2D eigenvalue weighted by Gasteiger charge is 2.35. The van der Waals surface area contributed by atoms with Crippen LogP contribution in [0, 0.1) is 5.82 Å². The number of halogens is 1. The van der Waals surface area contributed by atoms with Crippen LogP contribution in [0.2, 0.25) is 0 Å². The molecule has 1 atom stereocenters. The molecule has 0 amide bonds. The molecule has 4 nitrogen and oxygen atoms in total. The lowest BCUT2D eigenvalue weighted by Gasteiger charge is -2.27. The highest BCUT2D eigenvalue weighted by atomic mass is 19.1. The Kier molecular flexibility index (Phi) is 4.67. The lowest BCUT2D eigenvalue weighted by molar-refractivity contribution is -0.150. The molecule has 0 radical (unpaired) electrons. The van der Waals surface area contributed by atoms with E-state index in [1.54, 1.807) is 27.0 Å². The minimum absolute atomic E-state index is 0.140. The van der Waals surface area contributed by atoms with Crippen molar-refractivity contribution in [2.45, 2.75) is 19.4 Å². The Labute approximate surface area is 106 Å². The van der Waals surface area contributed by atoms with Crippen LogP contribution in [0.15, 0.2) is 18.2 Å². The summed E-state index contributed by atoms with van der Waals surface area (Å²) in [5, 5.41) is 2.86. The zero-order chi connectivity index (χ0) is 13.8. The highest BCUT2D eigenvalue weighted by molar-refractivity contribution is 5.82. The Morgan fingerprint density at radius 1 is 1.50 bits per heavy atom. The molecule has 0 aliphatic carbocycles. The fourth-order valence-electron chi connectivity index (χ4n) is 1.62. The molecule has 5 heteroatoms. The van der Waals surface area contributed by atoms with Crippen LogP contribution in [0.25, 0.3) is 0 Å². The predicted octanol–water partition coefficient (Wildman–Crippen LogP) is 1.83. The standard InChI is InChI=1S/C13H18FNO3/c1-5-18-12(16)13(2,15-3)9-6-7-11(17-4)10(14)8-9/h6-8,15H,5H2,1-4H3. The Bertz CT molecular complexity index is 436. The molecular formula is C13H18FNO3. The average molecular weight is 255 g/mol. The summed E-state index contributed by atoms with van der Waals surface area (Å²) in [5.74, 6) is -0.820. The van der Waals surface area contributed by atoms with Crippen molar-refractivity contribution in [2.24, 2.45) is 0 Å². The molecule has 0 heterocycles. The van der Waals surface area contributed by atoms with E-state index >= 15 is 0 Å². The molecular weight excluding hydrogens is 237 g/mol. The molecule has 0 aliphatic rings. The molecule has 0 bridgehead atoms. The molecule has 1 aromatic rings. The minimum atomic E-state index is -1.08. The Hall–Kier alpha value is -1.62. The summed E-state index contributed by atoms with van der Waals surface area (Å²) in [6.45, 7) is 3.64. The second-order valence-corrected chi connectivity index (χ2v) is 3.94. The van der Waals surface area contributed by atoms with Gasteiger partial charge in [-0.15, -0.1) is 0 Å².